The third-order valence-corrected chi connectivity index (χ3v) is 2.76. The molecule has 2 aromatic rings. The SMILES string of the molecule is O=C1CNCCN1c1cc2cccnc2[nH]1. The minimum Gasteiger partial charge on any atom is -0.326 e. The van der Waals surface area contributed by atoms with Crippen LogP contribution in [0.3, 0.4) is 0 Å². The Morgan fingerprint density at radius 2 is 2.38 bits per heavy atom. The Hall–Kier alpha value is -1.88. The molecule has 1 fully saturated rings. The van der Waals surface area contributed by atoms with Crippen molar-refractivity contribution in [2.24, 2.45) is 0 Å². The van der Waals surface area contributed by atoms with Crippen LogP contribution >= 0.6 is 0 Å². The molecule has 1 saturated heterocycles. The number of pyridine rings is 1. The van der Waals surface area contributed by atoms with Crippen LogP contribution in [-0.2, 0) is 4.79 Å². The van der Waals surface area contributed by atoms with Crippen LogP contribution < -0.4 is 10.2 Å². The number of amides is 1. The van der Waals surface area contributed by atoms with Crippen LogP contribution in [0, 0.1) is 0 Å². The normalized spacial score (nSPS) is 17.0. The molecule has 0 aliphatic carbocycles. The monoisotopic (exact) mass is 216 g/mol. The maximum Gasteiger partial charge on any atom is 0.242 e. The van der Waals surface area contributed by atoms with E-state index in [0.717, 1.165) is 23.4 Å². The Balaban J connectivity index is 2.01. The van der Waals surface area contributed by atoms with Gasteiger partial charge in [0.1, 0.15) is 11.5 Å². The molecule has 0 unspecified atom stereocenters. The Morgan fingerprint density at radius 3 is 3.19 bits per heavy atom. The summed E-state index contributed by atoms with van der Waals surface area (Å²) in [6.45, 7) is 1.93. The third kappa shape index (κ3) is 1.45. The number of anilines is 1. The van der Waals surface area contributed by atoms with Gasteiger partial charge in [0, 0.05) is 24.7 Å². The van der Waals surface area contributed by atoms with Gasteiger partial charge < -0.3 is 10.3 Å². The molecule has 3 rings (SSSR count). The third-order valence-electron chi connectivity index (χ3n) is 2.76. The van der Waals surface area contributed by atoms with Crippen LogP contribution in [0.4, 0.5) is 5.82 Å². The summed E-state index contributed by atoms with van der Waals surface area (Å²) in [6.07, 6.45) is 1.74. The minimum atomic E-state index is 0.0952. The first kappa shape index (κ1) is 9.35. The molecule has 0 saturated carbocycles. The molecule has 3 heterocycles. The number of hydrogen-bond acceptors (Lipinski definition) is 3. The average Bonchev–Trinajstić information content (AvgIpc) is 2.73. The van der Waals surface area contributed by atoms with Crippen molar-refractivity contribution < 1.29 is 4.79 Å². The number of carbonyl (C=O) groups excluding carboxylic acids is 1. The highest BCUT2D eigenvalue weighted by Gasteiger charge is 2.20. The van der Waals surface area contributed by atoms with Gasteiger partial charge in [-0.3, -0.25) is 9.69 Å². The lowest BCUT2D eigenvalue weighted by Gasteiger charge is -2.25. The standard InChI is InChI=1S/C11H12N4O/c16-10-7-12-4-5-15(10)9-6-8-2-1-3-13-11(8)14-9/h1-3,6,12H,4-5,7H2,(H,13,14). The molecule has 5 nitrogen and oxygen atoms in total. The first-order valence-corrected chi connectivity index (χ1v) is 5.29. The first-order valence-electron chi connectivity index (χ1n) is 5.29. The second-order valence-corrected chi connectivity index (χ2v) is 3.82. The van der Waals surface area contributed by atoms with E-state index in [1.165, 1.54) is 0 Å². The molecule has 0 radical (unpaired) electrons. The number of rotatable bonds is 1. The van der Waals surface area contributed by atoms with E-state index in [2.05, 4.69) is 15.3 Å². The van der Waals surface area contributed by atoms with Crippen molar-refractivity contribution in [3.05, 3.63) is 24.4 Å². The number of hydrogen-bond donors (Lipinski definition) is 2. The van der Waals surface area contributed by atoms with Gasteiger partial charge in [-0.1, -0.05) is 0 Å². The average molecular weight is 216 g/mol. The Bertz CT molecular complexity index is 501. The van der Waals surface area contributed by atoms with Crippen LogP contribution in [-0.4, -0.2) is 35.5 Å². The number of nitrogens with zero attached hydrogens (tertiary/aromatic N) is 2. The highest BCUT2D eigenvalue weighted by molar-refractivity contribution is 5.97. The number of aromatic nitrogens is 2. The number of aromatic amines is 1. The van der Waals surface area contributed by atoms with Crippen LogP contribution in [0.5, 0.6) is 0 Å². The highest BCUT2D eigenvalue weighted by Crippen LogP contribution is 2.20. The lowest BCUT2D eigenvalue weighted by atomic mass is 10.3. The summed E-state index contributed by atoms with van der Waals surface area (Å²) in [4.78, 5) is 20.8. The summed E-state index contributed by atoms with van der Waals surface area (Å²) >= 11 is 0. The van der Waals surface area contributed by atoms with E-state index in [0.29, 0.717) is 13.1 Å². The zero-order valence-corrected chi connectivity index (χ0v) is 8.73. The predicted octanol–water partition coefficient (Wildman–Crippen LogP) is 0.499. The number of piperazine rings is 1. The van der Waals surface area contributed by atoms with E-state index in [-0.39, 0.29) is 5.91 Å². The minimum absolute atomic E-state index is 0.0952. The molecular weight excluding hydrogens is 204 g/mol. The van der Waals surface area contributed by atoms with Crippen molar-refractivity contribution in [3.63, 3.8) is 0 Å². The molecule has 1 aliphatic heterocycles. The van der Waals surface area contributed by atoms with Crippen LogP contribution in [0.2, 0.25) is 0 Å². The molecule has 2 N–H and O–H groups in total. The van der Waals surface area contributed by atoms with Gasteiger partial charge in [-0.05, 0) is 18.2 Å². The quantitative estimate of drug-likeness (QED) is 0.729. The summed E-state index contributed by atoms with van der Waals surface area (Å²) in [7, 11) is 0. The van der Waals surface area contributed by atoms with Crippen molar-refractivity contribution in [3.8, 4) is 0 Å². The van der Waals surface area contributed by atoms with Gasteiger partial charge in [0.25, 0.3) is 0 Å². The first-order chi connectivity index (χ1) is 7.84. The highest BCUT2D eigenvalue weighted by atomic mass is 16.2. The number of carbonyl (C=O) groups is 1. The predicted molar refractivity (Wildman–Crippen MR) is 61.3 cm³/mol. The van der Waals surface area contributed by atoms with Gasteiger partial charge in [-0.15, -0.1) is 0 Å². The molecule has 0 aromatic carbocycles. The second-order valence-electron chi connectivity index (χ2n) is 3.82. The van der Waals surface area contributed by atoms with E-state index in [9.17, 15) is 4.79 Å². The summed E-state index contributed by atoms with van der Waals surface area (Å²) in [5, 5.41) is 4.08. The zero-order valence-electron chi connectivity index (χ0n) is 8.73. The molecular formula is C11H12N4O. The Kier molecular flexibility index (Phi) is 2.11. The summed E-state index contributed by atoms with van der Waals surface area (Å²) in [6, 6.07) is 5.83. The van der Waals surface area contributed by atoms with Gasteiger partial charge in [0.15, 0.2) is 0 Å². The van der Waals surface area contributed by atoms with E-state index < -0.39 is 0 Å². The Labute approximate surface area is 92.5 Å². The molecule has 0 spiro atoms. The molecule has 0 atom stereocenters. The molecule has 2 aromatic heterocycles. The molecule has 5 heteroatoms. The summed E-state index contributed by atoms with van der Waals surface area (Å²) in [5.41, 5.74) is 0.823. The Morgan fingerprint density at radius 1 is 1.44 bits per heavy atom. The van der Waals surface area contributed by atoms with E-state index >= 15 is 0 Å². The largest absolute Gasteiger partial charge is 0.326 e. The van der Waals surface area contributed by atoms with Gasteiger partial charge in [-0.2, -0.15) is 0 Å². The van der Waals surface area contributed by atoms with E-state index in [4.69, 9.17) is 0 Å². The topological polar surface area (TPSA) is 61.0 Å². The van der Waals surface area contributed by atoms with Crippen molar-refractivity contribution >= 4 is 22.8 Å². The molecule has 1 amide bonds. The fraction of sp³-hybridized carbons (Fsp3) is 0.273. The maximum atomic E-state index is 11.7. The molecule has 0 bridgehead atoms. The fourth-order valence-corrected chi connectivity index (χ4v) is 1.95. The van der Waals surface area contributed by atoms with Crippen LogP contribution in [0.25, 0.3) is 11.0 Å². The van der Waals surface area contributed by atoms with E-state index in [1.54, 1.807) is 11.1 Å². The molecule has 16 heavy (non-hydrogen) atoms. The van der Waals surface area contributed by atoms with Gasteiger partial charge in [0.05, 0.1) is 6.54 Å². The lowest BCUT2D eigenvalue weighted by Crippen LogP contribution is -2.48. The fourth-order valence-electron chi connectivity index (χ4n) is 1.95. The number of nitrogens with one attached hydrogen (secondary N) is 2. The van der Waals surface area contributed by atoms with E-state index in [1.807, 2.05) is 18.2 Å². The number of H-pyrrole nitrogens is 1. The summed E-state index contributed by atoms with van der Waals surface area (Å²) < 4.78 is 0. The maximum absolute atomic E-state index is 11.7. The van der Waals surface area contributed by atoms with Gasteiger partial charge in [0.2, 0.25) is 5.91 Å². The van der Waals surface area contributed by atoms with Crippen molar-refractivity contribution in [1.29, 1.82) is 0 Å². The number of fused-ring (bicyclic) bond motifs is 1. The second kappa shape index (κ2) is 3.61. The molecule has 82 valence electrons. The van der Waals surface area contributed by atoms with Gasteiger partial charge >= 0.3 is 0 Å². The van der Waals surface area contributed by atoms with Gasteiger partial charge in [-0.25, -0.2) is 4.98 Å². The summed E-state index contributed by atoms with van der Waals surface area (Å²) in [5.74, 6) is 0.929. The van der Waals surface area contributed by atoms with Crippen molar-refractivity contribution in [2.75, 3.05) is 24.5 Å². The lowest BCUT2D eigenvalue weighted by molar-refractivity contribution is -0.118. The van der Waals surface area contributed by atoms with Crippen molar-refractivity contribution in [1.82, 2.24) is 15.3 Å². The van der Waals surface area contributed by atoms with Crippen LogP contribution in [0.1, 0.15) is 0 Å². The smallest absolute Gasteiger partial charge is 0.242 e. The van der Waals surface area contributed by atoms with Crippen LogP contribution in [0.15, 0.2) is 24.4 Å². The molecule has 1 aliphatic rings. The zero-order chi connectivity index (χ0) is 11.0. The van der Waals surface area contributed by atoms with Crippen molar-refractivity contribution in [2.45, 2.75) is 0 Å².